The minimum atomic E-state index is -3.76. The molecule has 11 heteroatoms. The molecule has 0 saturated heterocycles. The van der Waals surface area contributed by atoms with Crippen LogP contribution in [-0.2, 0) is 24.3 Å². The molecule has 1 aliphatic rings. The summed E-state index contributed by atoms with van der Waals surface area (Å²) < 4.78 is 40.0. The number of sulfonamides is 1. The van der Waals surface area contributed by atoms with Crippen LogP contribution in [-0.4, -0.2) is 50.6 Å². The number of carbonyl (C=O) groups is 2. The van der Waals surface area contributed by atoms with Crippen LogP contribution in [0.4, 0.5) is 0 Å². The Kier molecular flexibility index (Phi) is 10.5. The molecule has 0 aliphatic heterocycles. The Morgan fingerprint density at radius 1 is 1.02 bits per heavy atom. The van der Waals surface area contributed by atoms with Gasteiger partial charge in [-0.05, 0) is 68.4 Å². The summed E-state index contributed by atoms with van der Waals surface area (Å²) in [7, 11) is -3.76. The standard InChI is InChI=1S/C31H40N4O6S/c1-4-40-28-17-12-23-18-25(15-16-26(23)33-28)42(38,39)35-24-13-10-22(11-14-24)30(36)34-27(21-8-6-5-7-9-21)19-41-31(37)29(32)20(2)3/h5-9,12,15-18,20,22,24,27,29,35H,4,10-11,13-14,19,32H2,1-3H3,(H,34,36)/t22-,24-,27-,29+/m1/s1. The summed E-state index contributed by atoms with van der Waals surface area (Å²) >= 11 is 0. The minimum Gasteiger partial charge on any atom is -0.478 e. The van der Waals surface area contributed by atoms with Crippen molar-refractivity contribution in [2.75, 3.05) is 13.2 Å². The largest absolute Gasteiger partial charge is 0.478 e. The van der Waals surface area contributed by atoms with Crippen molar-refractivity contribution in [2.24, 2.45) is 17.6 Å². The molecular formula is C31H40N4O6S. The number of carbonyl (C=O) groups excluding carboxylic acids is 2. The summed E-state index contributed by atoms with van der Waals surface area (Å²) in [5, 5.41) is 3.73. The zero-order valence-corrected chi connectivity index (χ0v) is 25.1. The molecule has 1 amide bonds. The van der Waals surface area contributed by atoms with Crippen molar-refractivity contribution in [1.29, 1.82) is 0 Å². The fourth-order valence-corrected chi connectivity index (χ4v) is 6.31. The summed E-state index contributed by atoms with van der Waals surface area (Å²) in [6.45, 7) is 6.03. The number of aromatic nitrogens is 1. The van der Waals surface area contributed by atoms with Crippen molar-refractivity contribution >= 4 is 32.8 Å². The second-order valence-corrected chi connectivity index (χ2v) is 12.7. The van der Waals surface area contributed by atoms with Gasteiger partial charge in [-0.1, -0.05) is 44.2 Å². The zero-order valence-electron chi connectivity index (χ0n) is 24.3. The molecular weight excluding hydrogens is 556 g/mol. The summed E-state index contributed by atoms with van der Waals surface area (Å²) in [4.78, 5) is 30.1. The first-order valence-electron chi connectivity index (χ1n) is 14.4. The Morgan fingerprint density at radius 3 is 2.40 bits per heavy atom. The predicted molar refractivity (Wildman–Crippen MR) is 160 cm³/mol. The number of fused-ring (bicyclic) bond motifs is 1. The Labute approximate surface area is 247 Å². The van der Waals surface area contributed by atoms with Gasteiger partial charge in [-0.3, -0.25) is 9.59 Å². The quantitative estimate of drug-likeness (QED) is 0.267. The van der Waals surface area contributed by atoms with E-state index in [4.69, 9.17) is 15.2 Å². The minimum absolute atomic E-state index is 0.0294. The molecule has 226 valence electrons. The molecule has 1 heterocycles. The van der Waals surface area contributed by atoms with Crippen LogP contribution < -0.4 is 20.5 Å². The van der Waals surface area contributed by atoms with Crippen molar-refractivity contribution in [3.05, 3.63) is 66.2 Å². The highest BCUT2D eigenvalue weighted by Gasteiger charge is 2.31. The van der Waals surface area contributed by atoms with Crippen LogP contribution in [0.2, 0.25) is 0 Å². The van der Waals surface area contributed by atoms with Crippen molar-refractivity contribution < 1.29 is 27.5 Å². The molecule has 4 N–H and O–H groups in total. The lowest BCUT2D eigenvalue weighted by atomic mass is 9.85. The number of esters is 1. The molecule has 42 heavy (non-hydrogen) atoms. The van der Waals surface area contributed by atoms with Crippen molar-refractivity contribution in [2.45, 2.75) is 69.5 Å². The van der Waals surface area contributed by atoms with E-state index in [2.05, 4.69) is 15.0 Å². The molecule has 4 rings (SSSR count). The van der Waals surface area contributed by atoms with Gasteiger partial charge in [0.15, 0.2) is 0 Å². The Morgan fingerprint density at radius 2 is 1.74 bits per heavy atom. The van der Waals surface area contributed by atoms with Crippen LogP contribution in [0.25, 0.3) is 10.9 Å². The van der Waals surface area contributed by atoms with E-state index in [1.807, 2.05) is 51.1 Å². The topological polar surface area (TPSA) is 150 Å². The highest BCUT2D eigenvalue weighted by Crippen LogP contribution is 2.28. The van der Waals surface area contributed by atoms with Crippen LogP contribution >= 0.6 is 0 Å². The second kappa shape index (κ2) is 14.1. The van der Waals surface area contributed by atoms with Gasteiger partial charge in [-0.25, -0.2) is 18.1 Å². The van der Waals surface area contributed by atoms with Crippen molar-refractivity contribution in [3.63, 3.8) is 0 Å². The number of hydrogen-bond donors (Lipinski definition) is 3. The molecule has 0 radical (unpaired) electrons. The molecule has 2 atom stereocenters. The predicted octanol–water partition coefficient (Wildman–Crippen LogP) is 3.85. The van der Waals surface area contributed by atoms with Crippen molar-refractivity contribution in [3.8, 4) is 5.88 Å². The molecule has 0 bridgehead atoms. The fourth-order valence-electron chi connectivity index (χ4n) is 4.97. The molecule has 1 fully saturated rings. The van der Waals surface area contributed by atoms with E-state index in [9.17, 15) is 18.0 Å². The highest BCUT2D eigenvalue weighted by molar-refractivity contribution is 7.89. The lowest BCUT2D eigenvalue weighted by molar-refractivity contribution is -0.147. The molecule has 10 nitrogen and oxygen atoms in total. The van der Waals surface area contributed by atoms with E-state index in [0.29, 0.717) is 49.1 Å². The maximum Gasteiger partial charge on any atom is 0.323 e. The first kappa shape index (κ1) is 31.4. The third-order valence-corrected chi connectivity index (χ3v) is 9.08. The molecule has 1 aliphatic carbocycles. The van der Waals surface area contributed by atoms with Gasteiger partial charge in [-0.15, -0.1) is 0 Å². The average molecular weight is 597 g/mol. The number of nitrogens with zero attached hydrogens (tertiary/aromatic N) is 1. The van der Waals surface area contributed by atoms with Crippen molar-refractivity contribution in [1.82, 2.24) is 15.0 Å². The molecule has 1 saturated carbocycles. The maximum atomic E-state index is 13.2. The lowest BCUT2D eigenvalue weighted by Crippen LogP contribution is -2.43. The average Bonchev–Trinajstić information content (AvgIpc) is 2.99. The summed E-state index contributed by atoms with van der Waals surface area (Å²) in [5.41, 5.74) is 7.39. The third kappa shape index (κ3) is 8.05. The fraction of sp³-hybridized carbons (Fsp3) is 0.452. The normalized spacial score (nSPS) is 18.8. The van der Waals surface area contributed by atoms with Gasteiger partial charge < -0.3 is 20.5 Å². The third-order valence-electron chi connectivity index (χ3n) is 7.56. The number of rotatable bonds is 12. The second-order valence-electron chi connectivity index (χ2n) is 11.0. The van der Waals surface area contributed by atoms with Gasteiger partial charge in [0.25, 0.3) is 0 Å². The van der Waals surface area contributed by atoms with Gasteiger partial charge in [-0.2, -0.15) is 0 Å². The van der Waals surface area contributed by atoms with Gasteiger partial charge in [0.2, 0.25) is 21.8 Å². The number of amides is 1. The van der Waals surface area contributed by atoms with Crippen LogP contribution in [0.1, 0.15) is 58.1 Å². The number of nitrogens with one attached hydrogen (secondary N) is 2. The first-order chi connectivity index (χ1) is 20.1. The van der Waals surface area contributed by atoms with Crippen LogP contribution in [0.15, 0.2) is 65.6 Å². The maximum absolute atomic E-state index is 13.2. The van der Waals surface area contributed by atoms with Crippen LogP contribution in [0.5, 0.6) is 5.88 Å². The molecule has 2 aromatic carbocycles. The smallest absolute Gasteiger partial charge is 0.323 e. The Bertz CT molecular complexity index is 1470. The molecule has 0 unspecified atom stereocenters. The summed E-state index contributed by atoms with van der Waals surface area (Å²) in [5.74, 6) is -0.515. The highest BCUT2D eigenvalue weighted by atomic mass is 32.2. The van der Waals surface area contributed by atoms with Crippen LogP contribution in [0, 0.1) is 11.8 Å². The Balaban J connectivity index is 1.34. The van der Waals surface area contributed by atoms with Gasteiger partial charge in [0.05, 0.1) is 23.1 Å². The number of ether oxygens (including phenoxy) is 2. The first-order valence-corrected chi connectivity index (χ1v) is 15.9. The molecule has 0 spiro atoms. The lowest BCUT2D eigenvalue weighted by Gasteiger charge is -2.30. The van der Waals surface area contributed by atoms with E-state index in [0.717, 1.165) is 5.56 Å². The molecule has 3 aromatic rings. The van der Waals surface area contributed by atoms with Crippen LogP contribution in [0.3, 0.4) is 0 Å². The number of hydrogen-bond acceptors (Lipinski definition) is 8. The monoisotopic (exact) mass is 596 g/mol. The van der Waals surface area contributed by atoms with Gasteiger partial charge in [0.1, 0.15) is 12.6 Å². The number of benzene rings is 2. The van der Waals surface area contributed by atoms with E-state index < -0.39 is 28.1 Å². The zero-order chi connectivity index (χ0) is 30.3. The number of nitrogens with two attached hydrogens (primary N) is 1. The summed E-state index contributed by atoms with van der Waals surface area (Å²) in [6, 6.07) is 16.1. The van der Waals surface area contributed by atoms with E-state index in [1.54, 1.807) is 24.3 Å². The van der Waals surface area contributed by atoms with E-state index in [-0.39, 0.29) is 35.3 Å². The number of pyridine rings is 1. The van der Waals surface area contributed by atoms with Gasteiger partial charge >= 0.3 is 5.97 Å². The SMILES string of the molecule is CCOc1ccc2cc(S(=O)(=O)N[C@H]3CC[C@H](C(=O)N[C@H](COC(=O)[C@@H](N)C(C)C)c4ccccc4)CC3)ccc2n1. The Hall–Kier alpha value is -3.54. The summed E-state index contributed by atoms with van der Waals surface area (Å²) in [6.07, 6.45) is 2.11. The molecule has 1 aromatic heterocycles. The van der Waals surface area contributed by atoms with E-state index >= 15 is 0 Å². The van der Waals surface area contributed by atoms with Gasteiger partial charge in [0, 0.05) is 23.4 Å². The van der Waals surface area contributed by atoms with E-state index in [1.165, 1.54) is 6.07 Å².